The van der Waals surface area contributed by atoms with Crippen LogP contribution in [0.5, 0.6) is 0 Å². The molecule has 0 aromatic rings. The van der Waals surface area contributed by atoms with E-state index in [1.165, 1.54) is 6.26 Å². The number of piperazine rings is 1. The summed E-state index contributed by atoms with van der Waals surface area (Å²) in [6.45, 7) is 10.4. The summed E-state index contributed by atoms with van der Waals surface area (Å²) in [6, 6.07) is 0.374. The molecule has 1 heterocycles. The number of nitrogens with zero attached hydrogens (tertiary/aromatic N) is 2. The Morgan fingerprint density at radius 3 is 2.47 bits per heavy atom. The van der Waals surface area contributed by atoms with Crippen molar-refractivity contribution >= 4 is 10.0 Å². The van der Waals surface area contributed by atoms with Crippen LogP contribution in [0.25, 0.3) is 0 Å². The molecule has 2 N–H and O–H groups in total. The lowest BCUT2D eigenvalue weighted by Gasteiger charge is -2.42. The molecule has 1 rings (SSSR count). The number of rotatable bonds is 6. The smallest absolute Gasteiger partial charge is 0.208 e. The molecule has 0 radical (unpaired) electrons. The molecule has 1 atom stereocenters. The van der Waals surface area contributed by atoms with Crippen molar-refractivity contribution in [1.82, 2.24) is 14.5 Å². The van der Waals surface area contributed by atoms with Gasteiger partial charge in [-0.2, -0.15) is 0 Å². The Morgan fingerprint density at radius 2 is 2.00 bits per heavy atom. The minimum atomic E-state index is -3.09. The van der Waals surface area contributed by atoms with Crippen molar-refractivity contribution in [2.45, 2.75) is 32.4 Å². The van der Waals surface area contributed by atoms with Crippen molar-refractivity contribution in [3.8, 4) is 0 Å². The highest BCUT2D eigenvalue weighted by Crippen LogP contribution is 2.13. The summed E-state index contributed by atoms with van der Waals surface area (Å²) in [5.41, 5.74) is -0.672. The van der Waals surface area contributed by atoms with Crippen LogP contribution in [0, 0.1) is 0 Å². The predicted molar refractivity (Wildman–Crippen MR) is 76.6 cm³/mol. The van der Waals surface area contributed by atoms with Gasteiger partial charge in [-0.25, -0.2) is 13.1 Å². The van der Waals surface area contributed by atoms with Gasteiger partial charge < -0.3 is 5.11 Å². The Morgan fingerprint density at radius 1 is 1.37 bits per heavy atom. The molecule has 0 amide bonds. The van der Waals surface area contributed by atoms with Crippen molar-refractivity contribution < 1.29 is 13.5 Å². The Bertz CT molecular complexity index is 378. The maximum atomic E-state index is 11.0. The van der Waals surface area contributed by atoms with Gasteiger partial charge in [0.05, 0.1) is 11.9 Å². The van der Waals surface area contributed by atoms with Gasteiger partial charge in [-0.15, -0.1) is 0 Å². The van der Waals surface area contributed by atoms with Gasteiger partial charge in [-0.1, -0.05) is 0 Å². The molecule has 0 saturated carbocycles. The first-order chi connectivity index (χ1) is 8.57. The molecule has 1 aliphatic rings. The quantitative estimate of drug-likeness (QED) is 0.678. The highest BCUT2D eigenvalue weighted by Gasteiger charge is 2.27. The zero-order chi connectivity index (χ0) is 14.7. The SMILES string of the molecule is CC1CN(CCNS(C)(=O)=O)CCN1CC(C)(C)O. The summed E-state index contributed by atoms with van der Waals surface area (Å²) < 4.78 is 24.5. The van der Waals surface area contributed by atoms with Crippen LogP contribution in [0.2, 0.25) is 0 Å². The zero-order valence-corrected chi connectivity index (χ0v) is 13.2. The summed E-state index contributed by atoms with van der Waals surface area (Å²) >= 11 is 0. The predicted octanol–water partition coefficient (Wildman–Crippen LogP) is -0.687. The normalized spacial score (nSPS) is 23.7. The van der Waals surface area contributed by atoms with E-state index in [-0.39, 0.29) is 0 Å². The molecule has 114 valence electrons. The molecular formula is C12H27N3O3S. The average Bonchev–Trinajstić information content (AvgIpc) is 2.18. The molecule has 0 bridgehead atoms. The van der Waals surface area contributed by atoms with Crippen molar-refractivity contribution in [2.24, 2.45) is 0 Å². The fourth-order valence-corrected chi connectivity index (χ4v) is 2.86. The molecule has 6 nitrogen and oxygen atoms in total. The van der Waals surface area contributed by atoms with Gasteiger partial charge in [0.1, 0.15) is 0 Å². The van der Waals surface area contributed by atoms with E-state index in [0.717, 1.165) is 26.2 Å². The molecule has 0 aliphatic carbocycles. The van der Waals surface area contributed by atoms with Gasteiger partial charge >= 0.3 is 0 Å². The minimum Gasteiger partial charge on any atom is -0.389 e. The summed E-state index contributed by atoms with van der Waals surface area (Å²) in [5, 5.41) is 9.85. The Kier molecular flexibility index (Phi) is 5.76. The standard InChI is InChI=1S/C12H27N3O3S/c1-11-9-14(6-5-13-19(4,17)18)7-8-15(11)10-12(2,3)16/h11,13,16H,5-10H2,1-4H3. The van der Waals surface area contributed by atoms with E-state index in [0.29, 0.717) is 19.1 Å². The topological polar surface area (TPSA) is 72.9 Å². The number of nitrogens with one attached hydrogen (secondary N) is 1. The van der Waals surface area contributed by atoms with Crippen LogP contribution < -0.4 is 4.72 Å². The van der Waals surface area contributed by atoms with Gasteiger partial charge in [0.15, 0.2) is 0 Å². The summed E-state index contributed by atoms with van der Waals surface area (Å²) in [6.07, 6.45) is 1.18. The Balaban J connectivity index is 2.33. The highest BCUT2D eigenvalue weighted by molar-refractivity contribution is 7.88. The van der Waals surface area contributed by atoms with E-state index in [1.807, 2.05) is 13.8 Å². The molecule has 0 aromatic heterocycles. The molecule has 1 fully saturated rings. The van der Waals surface area contributed by atoms with Crippen molar-refractivity contribution in [2.75, 3.05) is 45.5 Å². The van der Waals surface area contributed by atoms with Crippen LogP contribution in [-0.2, 0) is 10.0 Å². The molecule has 1 unspecified atom stereocenters. The Labute approximate surface area is 116 Å². The lowest BCUT2D eigenvalue weighted by molar-refractivity contribution is -0.00317. The molecule has 19 heavy (non-hydrogen) atoms. The van der Waals surface area contributed by atoms with Crippen LogP contribution in [-0.4, -0.2) is 80.5 Å². The second-order valence-electron chi connectivity index (χ2n) is 6.10. The zero-order valence-electron chi connectivity index (χ0n) is 12.4. The number of sulfonamides is 1. The van der Waals surface area contributed by atoms with Crippen LogP contribution in [0.1, 0.15) is 20.8 Å². The highest BCUT2D eigenvalue weighted by atomic mass is 32.2. The third kappa shape index (κ3) is 7.22. The minimum absolute atomic E-state index is 0.374. The number of hydrogen-bond donors (Lipinski definition) is 2. The van der Waals surface area contributed by atoms with Gasteiger partial charge in [-0.05, 0) is 20.8 Å². The molecule has 1 aliphatic heterocycles. The van der Waals surface area contributed by atoms with Crippen molar-refractivity contribution in [3.63, 3.8) is 0 Å². The average molecular weight is 293 g/mol. The van der Waals surface area contributed by atoms with Gasteiger partial charge in [-0.3, -0.25) is 9.80 Å². The van der Waals surface area contributed by atoms with Gasteiger partial charge in [0, 0.05) is 45.3 Å². The summed E-state index contributed by atoms with van der Waals surface area (Å²) in [4.78, 5) is 4.53. The monoisotopic (exact) mass is 293 g/mol. The number of β-amino-alcohol motifs (C(OH)–C–C–N with tert-alkyl or cyclic N) is 1. The molecular weight excluding hydrogens is 266 g/mol. The maximum Gasteiger partial charge on any atom is 0.208 e. The van der Waals surface area contributed by atoms with Crippen molar-refractivity contribution in [3.05, 3.63) is 0 Å². The first-order valence-corrected chi connectivity index (χ1v) is 8.59. The molecule has 7 heteroatoms. The van der Waals surface area contributed by atoms with E-state index in [1.54, 1.807) is 0 Å². The van der Waals surface area contributed by atoms with E-state index < -0.39 is 15.6 Å². The van der Waals surface area contributed by atoms with Crippen LogP contribution >= 0.6 is 0 Å². The van der Waals surface area contributed by atoms with Gasteiger partial charge in [0.25, 0.3) is 0 Å². The first-order valence-electron chi connectivity index (χ1n) is 6.70. The fourth-order valence-electron chi connectivity index (χ4n) is 2.39. The van der Waals surface area contributed by atoms with Crippen LogP contribution in [0.4, 0.5) is 0 Å². The lowest BCUT2D eigenvalue weighted by Crippen LogP contribution is -2.56. The van der Waals surface area contributed by atoms with Crippen LogP contribution in [0.3, 0.4) is 0 Å². The second-order valence-corrected chi connectivity index (χ2v) is 7.93. The molecule has 0 spiro atoms. The van der Waals surface area contributed by atoms with E-state index in [4.69, 9.17) is 0 Å². The summed E-state index contributed by atoms with van der Waals surface area (Å²) in [7, 11) is -3.09. The number of hydrogen-bond acceptors (Lipinski definition) is 5. The van der Waals surface area contributed by atoms with Gasteiger partial charge in [0.2, 0.25) is 10.0 Å². The summed E-state index contributed by atoms with van der Waals surface area (Å²) in [5.74, 6) is 0. The third-order valence-electron chi connectivity index (χ3n) is 3.23. The van der Waals surface area contributed by atoms with Crippen LogP contribution in [0.15, 0.2) is 0 Å². The molecule has 1 saturated heterocycles. The Hall–Kier alpha value is -0.210. The fraction of sp³-hybridized carbons (Fsp3) is 1.00. The molecule has 0 aromatic carbocycles. The van der Waals surface area contributed by atoms with Crippen molar-refractivity contribution in [1.29, 1.82) is 0 Å². The largest absolute Gasteiger partial charge is 0.389 e. The number of aliphatic hydroxyl groups is 1. The maximum absolute atomic E-state index is 11.0. The lowest BCUT2D eigenvalue weighted by atomic mass is 10.1. The second kappa shape index (κ2) is 6.49. The third-order valence-corrected chi connectivity index (χ3v) is 3.96. The van der Waals surface area contributed by atoms with E-state index in [9.17, 15) is 13.5 Å². The van der Waals surface area contributed by atoms with E-state index >= 15 is 0 Å². The first kappa shape index (κ1) is 16.8. The van der Waals surface area contributed by atoms with E-state index in [2.05, 4.69) is 21.4 Å².